The Labute approximate surface area is 99.6 Å². The van der Waals surface area contributed by atoms with Gasteiger partial charge in [-0.1, -0.05) is 18.2 Å². The van der Waals surface area contributed by atoms with Crippen molar-refractivity contribution in [3.63, 3.8) is 0 Å². The van der Waals surface area contributed by atoms with Gasteiger partial charge in [0, 0.05) is 17.2 Å². The van der Waals surface area contributed by atoms with Crippen molar-refractivity contribution in [2.24, 2.45) is 0 Å². The van der Waals surface area contributed by atoms with Gasteiger partial charge in [-0.15, -0.1) is 0 Å². The molecule has 2 aromatic carbocycles. The van der Waals surface area contributed by atoms with Crippen LogP contribution in [0, 0.1) is 0 Å². The Morgan fingerprint density at radius 1 is 0.941 bits per heavy atom. The summed E-state index contributed by atoms with van der Waals surface area (Å²) in [7, 11) is 1.64. The molecule has 86 valence electrons. The number of methoxy groups -OCH3 is 1. The van der Waals surface area contributed by atoms with Crippen molar-refractivity contribution in [3.8, 4) is 28.4 Å². The third-order valence-corrected chi connectivity index (χ3v) is 2.79. The zero-order valence-corrected chi connectivity index (χ0v) is 9.47. The largest absolute Gasteiger partial charge is 0.497 e. The van der Waals surface area contributed by atoms with Crippen molar-refractivity contribution in [1.82, 2.24) is 0 Å². The lowest BCUT2D eigenvalue weighted by molar-refractivity contribution is 0.124. The van der Waals surface area contributed by atoms with Crippen LogP contribution in [0.5, 0.6) is 17.2 Å². The van der Waals surface area contributed by atoms with Gasteiger partial charge in [-0.25, -0.2) is 0 Å². The van der Waals surface area contributed by atoms with Crippen LogP contribution in [0.4, 0.5) is 0 Å². The Morgan fingerprint density at radius 2 is 1.71 bits per heavy atom. The molecule has 0 aromatic heterocycles. The quantitative estimate of drug-likeness (QED) is 0.750. The number of hydrogen-bond acceptors (Lipinski definition) is 3. The van der Waals surface area contributed by atoms with Crippen molar-refractivity contribution in [2.45, 2.75) is 0 Å². The van der Waals surface area contributed by atoms with Crippen LogP contribution in [0.1, 0.15) is 0 Å². The molecule has 0 amide bonds. The number of fused-ring (bicyclic) bond motifs is 3. The van der Waals surface area contributed by atoms with E-state index in [4.69, 9.17) is 14.2 Å². The standard InChI is InChI=1S/C14H12O3/c1-15-10-6-7-12-11-4-2-3-5-13(11)16-9-17-14(12)8-10/h2-8H,9H2,1H3. The van der Waals surface area contributed by atoms with Gasteiger partial charge in [0.2, 0.25) is 6.79 Å². The van der Waals surface area contributed by atoms with Crippen LogP contribution in [-0.2, 0) is 0 Å². The number of rotatable bonds is 1. The fraction of sp³-hybridized carbons (Fsp3) is 0.143. The van der Waals surface area contributed by atoms with Crippen LogP contribution in [0.2, 0.25) is 0 Å². The van der Waals surface area contributed by atoms with E-state index in [2.05, 4.69) is 0 Å². The Bertz CT molecular complexity index is 549. The predicted molar refractivity (Wildman–Crippen MR) is 64.6 cm³/mol. The van der Waals surface area contributed by atoms with Gasteiger partial charge in [-0.05, 0) is 18.2 Å². The van der Waals surface area contributed by atoms with E-state index in [0.29, 0.717) is 0 Å². The first-order valence-electron chi connectivity index (χ1n) is 5.41. The molecule has 0 N–H and O–H groups in total. The lowest BCUT2D eigenvalue weighted by Crippen LogP contribution is -2.03. The molecule has 0 unspecified atom stereocenters. The molecule has 0 atom stereocenters. The van der Waals surface area contributed by atoms with Gasteiger partial charge in [-0.2, -0.15) is 0 Å². The molecule has 0 spiro atoms. The second kappa shape index (κ2) is 4.01. The molecular formula is C14H12O3. The van der Waals surface area contributed by atoms with Crippen molar-refractivity contribution >= 4 is 0 Å². The van der Waals surface area contributed by atoms with Gasteiger partial charge >= 0.3 is 0 Å². The molecule has 1 heterocycles. The molecule has 3 rings (SSSR count). The van der Waals surface area contributed by atoms with Crippen LogP contribution < -0.4 is 14.2 Å². The van der Waals surface area contributed by atoms with Crippen LogP contribution in [0.3, 0.4) is 0 Å². The highest BCUT2D eigenvalue weighted by Gasteiger charge is 2.16. The van der Waals surface area contributed by atoms with E-state index >= 15 is 0 Å². The third kappa shape index (κ3) is 1.69. The second-order valence-electron chi connectivity index (χ2n) is 3.76. The average molecular weight is 228 g/mol. The van der Waals surface area contributed by atoms with Crippen molar-refractivity contribution in [3.05, 3.63) is 42.5 Å². The summed E-state index contributed by atoms with van der Waals surface area (Å²) in [5.74, 6) is 2.41. The van der Waals surface area contributed by atoms with Gasteiger partial charge in [-0.3, -0.25) is 0 Å². The predicted octanol–water partition coefficient (Wildman–Crippen LogP) is 3.09. The molecule has 1 aliphatic rings. The molecule has 2 aromatic rings. The van der Waals surface area contributed by atoms with Gasteiger partial charge in [0.25, 0.3) is 0 Å². The zero-order chi connectivity index (χ0) is 11.7. The first-order chi connectivity index (χ1) is 8.38. The smallest absolute Gasteiger partial charge is 0.230 e. The van der Waals surface area contributed by atoms with E-state index in [-0.39, 0.29) is 6.79 Å². The lowest BCUT2D eigenvalue weighted by Gasteiger charge is -2.08. The first kappa shape index (κ1) is 10.0. The average Bonchev–Trinajstić information content (AvgIpc) is 2.57. The summed E-state index contributed by atoms with van der Waals surface area (Å²) in [4.78, 5) is 0. The topological polar surface area (TPSA) is 27.7 Å². The molecule has 0 radical (unpaired) electrons. The molecule has 1 aliphatic heterocycles. The molecule has 0 saturated heterocycles. The summed E-state index contributed by atoms with van der Waals surface area (Å²) in [6, 6.07) is 13.7. The number of para-hydroxylation sites is 1. The minimum absolute atomic E-state index is 0.219. The zero-order valence-electron chi connectivity index (χ0n) is 9.47. The summed E-state index contributed by atoms with van der Waals surface area (Å²) >= 11 is 0. The van der Waals surface area contributed by atoms with E-state index in [0.717, 1.165) is 28.4 Å². The van der Waals surface area contributed by atoms with Gasteiger partial charge < -0.3 is 14.2 Å². The van der Waals surface area contributed by atoms with E-state index in [1.54, 1.807) is 7.11 Å². The minimum atomic E-state index is 0.219. The number of hydrogen-bond donors (Lipinski definition) is 0. The lowest BCUT2D eigenvalue weighted by atomic mass is 10.0. The Morgan fingerprint density at radius 3 is 2.59 bits per heavy atom. The van der Waals surface area contributed by atoms with E-state index in [1.807, 2.05) is 42.5 Å². The highest BCUT2D eigenvalue weighted by molar-refractivity contribution is 5.77. The maximum atomic E-state index is 5.57. The maximum Gasteiger partial charge on any atom is 0.230 e. The van der Waals surface area contributed by atoms with Gasteiger partial charge in [0.05, 0.1) is 7.11 Å². The van der Waals surface area contributed by atoms with Crippen LogP contribution in [-0.4, -0.2) is 13.9 Å². The van der Waals surface area contributed by atoms with Gasteiger partial charge in [0.15, 0.2) is 0 Å². The van der Waals surface area contributed by atoms with Crippen molar-refractivity contribution < 1.29 is 14.2 Å². The summed E-state index contributed by atoms with van der Waals surface area (Å²) in [5.41, 5.74) is 2.07. The number of benzene rings is 2. The monoisotopic (exact) mass is 228 g/mol. The van der Waals surface area contributed by atoms with E-state index in [9.17, 15) is 0 Å². The summed E-state index contributed by atoms with van der Waals surface area (Å²) in [6.45, 7) is 0.219. The van der Waals surface area contributed by atoms with E-state index in [1.165, 1.54) is 0 Å². The molecule has 17 heavy (non-hydrogen) atoms. The molecule has 3 nitrogen and oxygen atoms in total. The van der Waals surface area contributed by atoms with Crippen LogP contribution >= 0.6 is 0 Å². The molecule has 0 fully saturated rings. The first-order valence-corrected chi connectivity index (χ1v) is 5.41. The van der Waals surface area contributed by atoms with Crippen LogP contribution in [0.25, 0.3) is 11.1 Å². The Kier molecular flexibility index (Phi) is 2.37. The molecule has 0 aliphatic carbocycles. The number of ether oxygens (including phenoxy) is 3. The van der Waals surface area contributed by atoms with Crippen molar-refractivity contribution in [2.75, 3.05) is 13.9 Å². The molecule has 0 bridgehead atoms. The second-order valence-corrected chi connectivity index (χ2v) is 3.76. The Hall–Kier alpha value is -2.16. The fourth-order valence-electron chi connectivity index (χ4n) is 1.94. The Balaban J connectivity index is 2.19. The summed E-state index contributed by atoms with van der Waals surface area (Å²) in [6.07, 6.45) is 0. The van der Waals surface area contributed by atoms with Crippen LogP contribution in [0.15, 0.2) is 42.5 Å². The summed E-state index contributed by atoms with van der Waals surface area (Å²) < 4.78 is 16.3. The van der Waals surface area contributed by atoms with Gasteiger partial charge in [0.1, 0.15) is 17.2 Å². The summed E-state index contributed by atoms with van der Waals surface area (Å²) in [5, 5.41) is 0. The minimum Gasteiger partial charge on any atom is -0.497 e. The van der Waals surface area contributed by atoms with E-state index < -0.39 is 0 Å². The fourth-order valence-corrected chi connectivity index (χ4v) is 1.94. The SMILES string of the molecule is COc1ccc2c(c1)OCOc1ccccc1-2. The van der Waals surface area contributed by atoms with Crippen molar-refractivity contribution in [1.29, 1.82) is 0 Å². The normalized spacial score (nSPS) is 12.5. The third-order valence-electron chi connectivity index (χ3n) is 2.79. The maximum absolute atomic E-state index is 5.57. The molecule has 3 heteroatoms. The highest BCUT2D eigenvalue weighted by Crippen LogP contribution is 2.40. The highest BCUT2D eigenvalue weighted by atomic mass is 16.7. The molecular weight excluding hydrogens is 216 g/mol. The molecule has 0 saturated carbocycles.